The molecule has 0 fully saturated rings. The third-order valence-electron chi connectivity index (χ3n) is 4.25. The smallest absolute Gasteiger partial charge is 0.222 e. The number of aromatic nitrogens is 2. The molecule has 2 aromatic rings. The van der Waals surface area contributed by atoms with Crippen LogP contribution in [0, 0.1) is 5.82 Å². The maximum atomic E-state index is 13.1. The summed E-state index contributed by atoms with van der Waals surface area (Å²) in [4.78, 5) is 14.2. The third kappa shape index (κ3) is 3.60. The van der Waals surface area contributed by atoms with Crippen LogP contribution in [0.5, 0.6) is 0 Å². The molecule has 122 valence electrons. The fourth-order valence-corrected chi connectivity index (χ4v) is 2.92. The van der Waals surface area contributed by atoms with Crippen molar-refractivity contribution in [1.29, 1.82) is 0 Å². The first-order valence-corrected chi connectivity index (χ1v) is 8.28. The van der Waals surface area contributed by atoms with Gasteiger partial charge in [0, 0.05) is 25.1 Å². The van der Waals surface area contributed by atoms with Crippen LogP contribution in [-0.2, 0) is 17.9 Å². The first-order valence-electron chi connectivity index (χ1n) is 8.28. The maximum Gasteiger partial charge on any atom is 0.222 e. The Hall–Kier alpha value is -2.17. The van der Waals surface area contributed by atoms with E-state index in [4.69, 9.17) is 0 Å². The van der Waals surface area contributed by atoms with Crippen molar-refractivity contribution in [2.45, 2.75) is 45.7 Å². The number of unbranched alkanes of at least 4 members (excludes halogenated alkanes) is 1. The Bertz CT molecular complexity index is 678. The molecule has 0 unspecified atom stereocenters. The summed E-state index contributed by atoms with van der Waals surface area (Å²) < 4.78 is 15.0. The van der Waals surface area contributed by atoms with Crippen molar-refractivity contribution < 1.29 is 9.18 Å². The molecular weight excluding hydrogens is 293 g/mol. The van der Waals surface area contributed by atoms with Gasteiger partial charge in [-0.05, 0) is 43.2 Å². The average molecular weight is 315 g/mol. The summed E-state index contributed by atoms with van der Waals surface area (Å²) in [6.45, 7) is 4.31. The number of carbonyl (C=O) groups is 1. The van der Waals surface area contributed by atoms with E-state index in [2.05, 4.69) is 12.0 Å². The molecule has 1 aromatic heterocycles. The number of benzene rings is 1. The van der Waals surface area contributed by atoms with E-state index in [1.54, 1.807) is 12.1 Å². The van der Waals surface area contributed by atoms with Gasteiger partial charge in [0.15, 0.2) is 0 Å². The van der Waals surface area contributed by atoms with Crippen molar-refractivity contribution in [2.24, 2.45) is 0 Å². The number of amides is 1. The zero-order valence-corrected chi connectivity index (χ0v) is 13.5. The van der Waals surface area contributed by atoms with Gasteiger partial charge in [0.25, 0.3) is 0 Å². The van der Waals surface area contributed by atoms with Crippen molar-refractivity contribution in [3.8, 4) is 11.3 Å². The number of carbonyl (C=O) groups excluding carboxylic acids is 1. The molecule has 1 aliphatic rings. The second-order valence-corrected chi connectivity index (χ2v) is 6.02. The van der Waals surface area contributed by atoms with Crippen LogP contribution in [0.25, 0.3) is 11.3 Å². The van der Waals surface area contributed by atoms with Gasteiger partial charge in [-0.1, -0.05) is 13.3 Å². The summed E-state index contributed by atoms with van der Waals surface area (Å²) in [5.41, 5.74) is 2.78. The van der Waals surface area contributed by atoms with Crippen LogP contribution in [0.4, 0.5) is 4.39 Å². The van der Waals surface area contributed by atoms with E-state index in [0.717, 1.165) is 49.3 Å². The molecule has 5 heteroatoms. The van der Waals surface area contributed by atoms with Crippen LogP contribution < -0.4 is 0 Å². The van der Waals surface area contributed by atoms with E-state index in [-0.39, 0.29) is 11.7 Å². The molecule has 0 spiro atoms. The highest BCUT2D eigenvalue weighted by Crippen LogP contribution is 2.22. The number of nitrogens with zero attached hydrogens (tertiary/aromatic N) is 3. The molecule has 3 rings (SSSR count). The van der Waals surface area contributed by atoms with Crippen LogP contribution in [-0.4, -0.2) is 27.1 Å². The monoisotopic (exact) mass is 315 g/mol. The molecule has 0 bridgehead atoms. The minimum Gasteiger partial charge on any atom is -0.337 e. The fraction of sp³-hybridized carbons (Fsp3) is 0.444. The van der Waals surface area contributed by atoms with E-state index in [1.807, 2.05) is 15.6 Å². The lowest BCUT2D eigenvalue weighted by molar-refractivity contribution is -0.131. The summed E-state index contributed by atoms with van der Waals surface area (Å²) >= 11 is 0. The van der Waals surface area contributed by atoms with Gasteiger partial charge in [-0.2, -0.15) is 5.10 Å². The number of rotatable bonds is 4. The Morgan fingerprint density at radius 3 is 2.78 bits per heavy atom. The second-order valence-electron chi connectivity index (χ2n) is 6.02. The van der Waals surface area contributed by atoms with Crippen LogP contribution >= 0.6 is 0 Å². The molecule has 0 saturated heterocycles. The van der Waals surface area contributed by atoms with Gasteiger partial charge >= 0.3 is 0 Å². The molecule has 4 nitrogen and oxygen atoms in total. The summed E-state index contributed by atoms with van der Waals surface area (Å²) in [7, 11) is 0. The quantitative estimate of drug-likeness (QED) is 0.864. The summed E-state index contributed by atoms with van der Waals surface area (Å²) in [5, 5.41) is 4.62. The molecule has 0 aliphatic carbocycles. The predicted molar refractivity (Wildman–Crippen MR) is 87.2 cm³/mol. The molecule has 0 radical (unpaired) electrons. The minimum absolute atomic E-state index is 0.227. The summed E-state index contributed by atoms with van der Waals surface area (Å²) in [5.74, 6) is -0.0212. The van der Waals surface area contributed by atoms with Gasteiger partial charge in [-0.3, -0.25) is 9.48 Å². The van der Waals surface area contributed by atoms with Crippen molar-refractivity contribution in [3.63, 3.8) is 0 Å². The van der Waals surface area contributed by atoms with Gasteiger partial charge in [-0.15, -0.1) is 0 Å². The number of hydrogen-bond donors (Lipinski definition) is 0. The Kier molecular flexibility index (Phi) is 4.74. The molecule has 23 heavy (non-hydrogen) atoms. The lowest BCUT2D eigenvalue weighted by Crippen LogP contribution is -2.30. The lowest BCUT2D eigenvalue weighted by atomic mass is 10.1. The Balaban J connectivity index is 1.79. The van der Waals surface area contributed by atoms with E-state index in [9.17, 15) is 9.18 Å². The maximum absolute atomic E-state index is 13.1. The fourth-order valence-electron chi connectivity index (χ4n) is 2.92. The molecule has 1 aromatic carbocycles. The molecule has 0 atom stereocenters. The molecule has 1 aliphatic heterocycles. The Morgan fingerprint density at radius 2 is 2.04 bits per heavy atom. The zero-order valence-electron chi connectivity index (χ0n) is 13.5. The van der Waals surface area contributed by atoms with E-state index < -0.39 is 0 Å². The predicted octanol–water partition coefficient (Wildman–Crippen LogP) is 3.61. The Labute approximate surface area is 135 Å². The van der Waals surface area contributed by atoms with Crippen molar-refractivity contribution in [3.05, 3.63) is 41.8 Å². The topological polar surface area (TPSA) is 38.1 Å². The van der Waals surface area contributed by atoms with Gasteiger partial charge < -0.3 is 4.90 Å². The number of hydrogen-bond acceptors (Lipinski definition) is 2. The number of aryl methyl sites for hydroxylation is 1. The van der Waals surface area contributed by atoms with E-state index in [1.165, 1.54) is 12.1 Å². The number of halogens is 1. The average Bonchev–Trinajstić information content (AvgIpc) is 2.85. The SMILES string of the molecule is CCCCC(=O)N1CCCn2nc(-c3ccc(F)cc3)cc2C1. The standard InChI is InChI=1S/C18H22FN3O/c1-2-3-5-18(23)21-10-4-11-22-16(13-21)12-17(20-22)14-6-8-15(19)9-7-14/h6-9,12H,2-5,10-11,13H2,1H3. The van der Waals surface area contributed by atoms with Crippen molar-refractivity contribution in [1.82, 2.24) is 14.7 Å². The van der Waals surface area contributed by atoms with Gasteiger partial charge in [-0.25, -0.2) is 4.39 Å². The summed E-state index contributed by atoms with van der Waals surface area (Å²) in [6, 6.07) is 8.38. The lowest BCUT2D eigenvalue weighted by Gasteiger charge is -2.19. The van der Waals surface area contributed by atoms with Gasteiger partial charge in [0.2, 0.25) is 5.91 Å². The first-order chi connectivity index (χ1) is 11.2. The molecule has 0 N–H and O–H groups in total. The van der Waals surface area contributed by atoms with Crippen LogP contribution in [0.2, 0.25) is 0 Å². The van der Waals surface area contributed by atoms with Crippen LogP contribution in [0.15, 0.2) is 30.3 Å². The normalized spacial score (nSPS) is 14.4. The molecular formula is C18H22FN3O. The van der Waals surface area contributed by atoms with Crippen molar-refractivity contribution in [2.75, 3.05) is 6.54 Å². The molecule has 2 heterocycles. The number of fused-ring (bicyclic) bond motifs is 1. The highest BCUT2D eigenvalue weighted by molar-refractivity contribution is 5.76. The van der Waals surface area contributed by atoms with Gasteiger partial charge in [0.1, 0.15) is 5.82 Å². The second kappa shape index (κ2) is 6.94. The van der Waals surface area contributed by atoms with Crippen LogP contribution in [0.3, 0.4) is 0 Å². The summed E-state index contributed by atoms with van der Waals surface area (Å²) in [6.07, 6.45) is 3.51. The van der Waals surface area contributed by atoms with Crippen molar-refractivity contribution >= 4 is 5.91 Å². The van der Waals surface area contributed by atoms with Crippen LogP contribution in [0.1, 0.15) is 38.3 Å². The highest BCUT2D eigenvalue weighted by atomic mass is 19.1. The Morgan fingerprint density at radius 1 is 1.26 bits per heavy atom. The van der Waals surface area contributed by atoms with Gasteiger partial charge in [0.05, 0.1) is 17.9 Å². The largest absolute Gasteiger partial charge is 0.337 e. The zero-order chi connectivity index (χ0) is 16.2. The third-order valence-corrected chi connectivity index (χ3v) is 4.25. The minimum atomic E-state index is -0.248. The van der Waals surface area contributed by atoms with E-state index >= 15 is 0 Å². The first kappa shape index (κ1) is 15.7. The molecule has 1 amide bonds. The highest BCUT2D eigenvalue weighted by Gasteiger charge is 2.20. The van der Waals surface area contributed by atoms with E-state index in [0.29, 0.717) is 13.0 Å². The molecule has 0 saturated carbocycles.